The largest absolute Gasteiger partial charge is 0.248 e. The van der Waals surface area contributed by atoms with Crippen molar-refractivity contribution in [1.29, 1.82) is 0 Å². The summed E-state index contributed by atoms with van der Waals surface area (Å²) in [6.07, 6.45) is 0. The Morgan fingerprint density at radius 2 is 1.34 bits per heavy atom. The molecule has 0 aliphatic carbocycles. The maximum Gasteiger partial charge on any atom is 0.0817 e. The number of hydrogen-bond donors (Lipinski definition) is 0. The second-order valence-corrected chi connectivity index (χ2v) is 8.47. The van der Waals surface area contributed by atoms with Crippen LogP contribution in [0.2, 0.25) is 0 Å². The van der Waals surface area contributed by atoms with E-state index in [0.29, 0.717) is 0 Å². The molecule has 0 unspecified atom stereocenters. The molecule has 8 rings (SSSR count). The molecule has 32 heavy (non-hydrogen) atoms. The molecule has 0 amide bonds. The molecule has 3 nitrogen and oxygen atoms in total. The lowest BCUT2D eigenvalue weighted by Gasteiger charge is -2.07. The van der Waals surface area contributed by atoms with Crippen molar-refractivity contribution in [2.45, 2.75) is 0 Å². The third-order valence-corrected chi connectivity index (χ3v) is 6.74. The van der Waals surface area contributed by atoms with Crippen LogP contribution in [0, 0.1) is 10.4 Å². The molecule has 5 aromatic carbocycles. The lowest BCUT2D eigenvalue weighted by Crippen LogP contribution is -2.06. The highest BCUT2D eigenvalue weighted by Crippen LogP contribution is 2.40. The normalized spacial score (nSPS) is 12.9. The van der Waals surface area contributed by atoms with E-state index in [1.807, 2.05) is 6.07 Å². The summed E-state index contributed by atoms with van der Waals surface area (Å²) in [6.45, 7) is 0. The van der Waals surface area contributed by atoms with Crippen LogP contribution in [-0.2, 0) is 0 Å². The zero-order chi connectivity index (χ0) is 20.8. The number of nitrogens with zero attached hydrogens (tertiary/aromatic N) is 3. The minimum Gasteiger partial charge on any atom is -0.248 e. The van der Waals surface area contributed by atoms with Gasteiger partial charge < -0.3 is 0 Å². The minimum absolute atomic E-state index is 1.000. The van der Waals surface area contributed by atoms with E-state index in [9.17, 15) is 0 Å². The molecular formula is C29H15N3. The summed E-state index contributed by atoms with van der Waals surface area (Å²) in [5.74, 6) is 0. The smallest absolute Gasteiger partial charge is 0.0817 e. The molecule has 0 atom stereocenters. The van der Waals surface area contributed by atoms with Gasteiger partial charge in [0.1, 0.15) is 0 Å². The van der Waals surface area contributed by atoms with E-state index in [0.717, 1.165) is 54.7 Å². The van der Waals surface area contributed by atoms with Gasteiger partial charge in [-0.15, -0.1) is 0 Å². The first kappa shape index (κ1) is 16.3. The molecule has 146 valence electrons. The van der Waals surface area contributed by atoms with E-state index in [1.54, 1.807) is 0 Å². The Morgan fingerprint density at radius 1 is 0.531 bits per heavy atom. The van der Waals surface area contributed by atoms with E-state index in [-0.39, 0.29) is 0 Å². The van der Waals surface area contributed by atoms with Crippen LogP contribution >= 0.6 is 0 Å². The number of fused-ring (bicyclic) bond motifs is 11. The second-order valence-electron chi connectivity index (χ2n) is 8.47. The quantitative estimate of drug-likeness (QED) is 0.284. The van der Waals surface area contributed by atoms with Crippen LogP contribution in [0.5, 0.6) is 0 Å². The predicted octanol–water partition coefficient (Wildman–Crippen LogP) is 6.02. The summed E-state index contributed by atoms with van der Waals surface area (Å²) in [5, 5.41) is 9.08. The van der Waals surface area contributed by atoms with E-state index in [2.05, 4.69) is 84.9 Å². The first-order valence-corrected chi connectivity index (χ1v) is 10.8. The Bertz CT molecular complexity index is 2040. The molecule has 0 fully saturated rings. The number of benzene rings is 5. The third-order valence-electron chi connectivity index (χ3n) is 6.74. The summed E-state index contributed by atoms with van der Waals surface area (Å²) in [6, 6.07) is 31.9. The van der Waals surface area contributed by atoms with E-state index in [1.165, 1.54) is 21.6 Å². The molecular weight excluding hydrogens is 390 g/mol. The van der Waals surface area contributed by atoms with Gasteiger partial charge in [-0.3, -0.25) is 0 Å². The zero-order valence-corrected chi connectivity index (χ0v) is 17.0. The molecule has 0 bridgehead atoms. The predicted molar refractivity (Wildman–Crippen MR) is 128 cm³/mol. The molecule has 0 saturated carbocycles. The van der Waals surface area contributed by atoms with Crippen molar-refractivity contribution in [1.82, 2.24) is 4.98 Å². The van der Waals surface area contributed by atoms with Gasteiger partial charge in [0.05, 0.1) is 33.1 Å². The lowest BCUT2D eigenvalue weighted by atomic mass is 9.98. The lowest BCUT2D eigenvalue weighted by molar-refractivity contribution is 1.35. The Kier molecular flexibility index (Phi) is 2.89. The molecule has 0 spiro atoms. The SMILES string of the molecule is c1ccc2nc3ccc4c(c3cc2c1)-c1ccc2c(c1=N4)=c1ccc3ccccc3c1=N2. The van der Waals surface area contributed by atoms with Crippen molar-refractivity contribution in [3.05, 3.63) is 112 Å². The maximum absolute atomic E-state index is 5.11. The average molecular weight is 405 g/mol. The fraction of sp³-hybridized carbons (Fsp3) is 0. The van der Waals surface area contributed by atoms with Crippen LogP contribution in [-0.4, -0.2) is 4.98 Å². The van der Waals surface area contributed by atoms with Crippen LogP contribution in [0.1, 0.15) is 0 Å². The molecule has 2 aliphatic rings. The number of aromatic nitrogens is 1. The second kappa shape index (κ2) is 5.65. The van der Waals surface area contributed by atoms with Crippen LogP contribution in [0.15, 0.2) is 101 Å². The van der Waals surface area contributed by atoms with Crippen molar-refractivity contribution in [3.63, 3.8) is 0 Å². The number of rotatable bonds is 0. The summed E-state index contributed by atoms with van der Waals surface area (Å²) in [7, 11) is 0. The van der Waals surface area contributed by atoms with E-state index < -0.39 is 0 Å². The topological polar surface area (TPSA) is 37.6 Å². The minimum atomic E-state index is 1.000. The van der Waals surface area contributed by atoms with Gasteiger partial charge in [-0.1, -0.05) is 54.6 Å². The first-order valence-electron chi connectivity index (χ1n) is 10.8. The molecule has 0 saturated heterocycles. The van der Waals surface area contributed by atoms with Gasteiger partial charge in [0.15, 0.2) is 0 Å². The molecule has 3 heterocycles. The highest BCUT2D eigenvalue weighted by molar-refractivity contribution is 6.06. The fourth-order valence-electron chi connectivity index (χ4n) is 5.29. The molecule has 3 heteroatoms. The molecule has 0 radical (unpaired) electrons. The van der Waals surface area contributed by atoms with Crippen LogP contribution < -0.4 is 10.7 Å². The monoisotopic (exact) mass is 405 g/mol. The van der Waals surface area contributed by atoms with Crippen LogP contribution in [0.3, 0.4) is 0 Å². The summed E-state index contributed by atoms with van der Waals surface area (Å²) in [5.41, 5.74) is 6.36. The highest BCUT2D eigenvalue weighted by Gasteiger charge is 2.21. The van der Waals surface area contributed by atoms with Crippen molar-refractivity contribution in [2.75, 3.05) is 0 Å². The summed E-state index contributed by atoms with van der Waals surface area (Å²) < 4.78 is 0. The van der Waals surface area contributed by atoms with Crippen molar-refractivity contribution in [3.8, 4) is 11.1 Å². The van der Waals surface area contributed by atoms with Crippen molar-refractivity contribution in [2.24, 2.45) is 9.98 Å². The summed E-state index contributed by atoms with van der Waals surface area (Å²) >= 11 is 0. The average Bonchev–Trinajstić information content (AvgIpc) is 3.41. The molecule has 2 aliphatic heterocycles. The van der Waals surface area contributed by atoms with Crippen molar-refractivity contribution >= 4 is 44.0 Å². The zero-order valence-electron chi connectivity index (χ0n) is 17.0. The Morgan fingerprint density at radius 3 is 2.31 bits per heavy atom. The van der Waals surface area contributed by atoms with Crippen LogP contribution in [0.4, 0.5) is 11.4 Å². The van der Waals surface area contributed by atoms with E-state index >= 15 is 0 Å². The Hall–Kier alpha value is -4.37. The number of hydrogen-bond acceptors (Lipinski definition) is 3. The highest BCUT2D eigenvalue weighted by atomic mass is 14.8. The standard InChI is InChI=1S/C29H15N3/c1-3-7-18-16(5-1)9-10-20-27-25(31-28(18)20)12-11-19-26-21-15-17-6-2-4-8-22(17)30-23(21)13-14-24(26)32-29(19)27/h1-15H. The van der Waals surface area contributed by atoms with Gasteiger partial charge in [0.25, 0.3) is 0 Å². The fourth-order valence-corrected chi connectivity index (χ4v) is 5.29. The number of pyridine rings is 1. The van der Waals surface area contributed by atoms with E-state index in [4.69, 9.17) is 15.0 Å². The molecule has 6 aromatic rings. The van der Waals surface area contributed by atoms with Gasteiger partial charge in [-0.2, -0.15) is 0 Å². The van der Waals surface area contributed by atoms with Gasteiger partial charge in [0, 0.05) is 37.7 Å². The van der Waals surface area contributed by atoms with Crippen molar-refractivity contribution < 1.29 is 0 Å². The first-order chi connectivity index (χ1) is 15.8. The number of para-hydroxylation sites is 1. The van der Waals surface area contributed by atoms with Gasteiger partial charge in [-0.25, -0.2) is 15.0 Å². The van der Waals surface area contributed by atoms with Gasteiger partial charge in [0.2, 0.25) is 0 Å². The Balaban J connectivity index is 1.53. The maximum atomic E-state index is 5.11. The molecule has 0 N–H and O–H groups in total. The Labute approximate surface area is 182 Å². The molecule has 1 aromatic heterocycles. The summed E-state index contributed by atoms with van der Waals surface area (Å²) in [4.78, 5) is 15.0. The van der Waals surface area contributed by atoms with Gasteiger partial charge >= 0.3 is 0 Å². The van der Waals surface area contributed by atoms with Gasteiger partial charge in [-0.05, 0) is 41.8 Å². The third kappa shape index (κ3) is 1.98. The van der Waals surface area contributed by atoms with Crippen LogP contribution in [0.25, 0.3) is 43.7 Å².